The van der Waals surface area contributed by atoms with E-state index >= 15 is 0 Å². The average Bonchev–Trinajstić information content (AvgIpc) is 3.37. The van der Waals surface area contributed by atoms with Crippen molar-refractivity contribution in [3.8, 4) is 11.5 Å². The fraction of sp³-hybridized carbons (Fsp3) is 0.429. The predicted molar refractivity (Wildman–Crippen MR) is 156 cm³/mol. The number of halogens is 1. The Morgan fingerprint density at radius 3 is 1.63 bits per heavy atom. The molecular formula is C28H35BrN4O8. The summed E-state index contributed by atoms with van der Waals surface area (Å²) in [5, 5.41) is 10.7. The molecule has 0 unspecified atom stereocenters. The normalized spacial score (nSPS) is 11.5. The zero-order chi connectivity index (χ0) is 30.5. The molecule has 0 amide bonds. The number of methoxy groups -OCH3 is 2. The van der Waals surface area contributed by atoms with Crippen molar-refractivity contribution in [3.05, 3.63) is 47.8 Å². The number of ether oxygens (including phenoxy) is 4. The molecule has 0 atom stereocenters. The first-order valence-electron chi connectivity index (χ1n) is 12.6. The first-order chi connectivity index (χ1) is 19.1. The van der Waals surface area contributed by atoms with Gasteiger partial charge in [-0.3, -0.25) is 9.68 Å². The Morgan fingerprint density at radius 1 is 0.756 bits per heavy atom. The van der Waals surface area contributed by atoms with Crippen LogP contribution in [0, 0.1) is 6.92 Å². The summed E-state index contributed by atoms with van der Waals surface area (Å²) in [7, 11) is 3.14. The summed E-state index contributed by atoms with van der Waals surface area (Å²) in [6, 6.07) is 10.9. The van der Waals surface area contributed by atoms with E-state index in [2.05, 4.69) is 26.1 Å². The predicted octanol–water partition coefficient (Wildman–Crippen LogP) is 6.02. The third-order valence-corrected chi connectivity index (χ3v) is 5.73. The molecule has 0 radical (unpaired) electrons. The summed E-state index contributed by atoms with van der Waals surface area (Å²) >= 11 is 3.36. The second kappa shape index (κ2) is 12.7. The topological polar surface area (TPSA) is 125 Å². The van der Waals surface area contributed by atoms with Gasteiger partial charge in [0, 0.05) is 28.2 Å². The molecule has 4 rings (SSSR count). The molecule has 2 aromatic carbocycles. The number of rotatable bonds is 5. The fourth-order valence-corrected chi connectivity index (χ4v) is 3.94. The van der Waals surface area contributed by atoms with Gasteiger partial charge in [0.2, 0.25) is 0 Å². The molecule has 0 saturated carbocycles. The van der Waals surface area contributed by atoms with Crippen LogP contribution in [0.1, 0.15) is 52.9 Å². The third-order valence-electron chi connectivity index (χ3n) is 5.20. The number of aromatic nitrogens is 4. The van der Waals surface area contributed by atoms with Crippen molar-refractivity contribution in [1.29, 1.82) is 0 Å². The fourth-order valence-electron chi connectivity index (χ4n) is 3.52. The second-order valence-electron chi connectivity index (χ2n) is 10.8. The molecule has 2 heterocycles. The van der Waals surface area contributed by atoms with Gasteiger partial charge in [0.25, 0.3) is 0 Å². The van der Waals surface area contributed by atoms with Crippen molar-refractivity contribution in [3.63, 3.8) is 0 Å². The summed E-state index contributed by atoms with van der Waals surface area (Å²) < 4.78 is 20.6. The lowest BCUT2D eigenvalue weighted by atomic mass is 10.2. The molecule has 0 spiro atoms. The van der Waals surface area contributed by atoms with Crippen molar-refractivity contribution >= 4 is 50.0 Å². The first kappa shape index (κ1) is 31.5. The van der Waals surface area contributed by atoms with Gasteiger partial charge < -0.3 is 18.9 Å². The minimum absolute atomic E-state index is 0.542. The molecular weight excluding hydrogens is 600 g/mol. The summed E-state index contributed by atoms with van der Waals surface area (Å²) in [6.07, 6.45) is -1.61. The van der Waals surface area contributed by atoms with E-state index in [1.807, 2.05) is 31.2 Å². The minimum Gasteiger partial charge on any atom is -0.497 e. The van der Waals surface area contributed by atoms with Gasteiger partial charge in [0.15, 0.2) is 0 Å². The van der Waals surface area contributed by atoms with Crippen LogP contribution in [0.15, 0.2) is 36.4 Å². The van der Waals surface area contributed by atoms with Crippen LogP contribution in [0.5, 0.6) is 11.5 Å². The van der Waals surface area contributed by atoms with Gasteiger partial charge in [-0.05, 0) is 72.7 Å². The lowest BCUT2D eigenvalue weighted by molar-refractivity contribution is -0.0161. The van der Waals surface area contributed by atoms with Gasteiger partial charge in [0.1, 0.15) is 33.7 Å². The molecule has 222 valence electrons. The van der Waals surface area contributed by atoms with Gasteiger partial charge >= 0.3 is 12.3 Å². The molecule has 12 nitrogen and oxygen atoms in total. The quantitative estimate of drug-likeness (QED) is 0.190. The van der Waals surface area contributed by atoms with Crippen molar-refractivity contribution < 1.29 is 38.2 Å². The van der Waals surface area contributed by atoms with Crippen molar-refractivity contribution in [2.24, 2.45) is 0 Å². The van der Waals surface area contributed by atoms with Crippen LogP contribution in [0.25, 0.3) is 21.8 Å². The Balaban J connectivity index is 0.000000226. The van der Waals surface area contributed by atoms with Gasteiger partial charge in [-0.2, -0.15) is 0 Å². The number of carbonyl (C=O) groups is 2. The van der Waals surface area contributed by atoms with E-state index < -0.39 is 23.5 Å². The van der Waals surface area contributed by atoms with E-state index in [0.717, 1.165) is 31.9 Å². The van der Waals surface area contributed by atoms with Crippen molar-refractivity contribution in [2.75, 3.05) is 14.2 Å². The number of hydrogen-bond donors (Lipinski definition) is 0. The zero-order valence-electron chi connectivity index (χ0n) is 24.6. The molecule has 2 aromatic heterocycles. The monoisotopic (exact) mass is 634 g/mol. The van der Waals surface area contributed by atoms with Gasteiger partial charge in [-0.15, -0.1) is 10.2 Å². The molecule has 0 N–H and O–H groups in total. The van der Waals surface area contributed by atoms with Crippen LogP contribution in [0.2, 0.25) is 0 Å². The molecule has 0 bridgehead atoms. The molecule has 0 saturated heterocycles. The highest BCUT2D eigenvalue weighted by molar-refractivity contribution is 9.08. The number of alkyl halides is 1. The molecule has 0 aliphatic rings. The van der Waals surface area contributed by atoms with Crippen LogP contribution in [-0.4, -0.2) is 57.6 Å². The van der Waals surface area contributed by atoms with E-state index in [1.54, 1.807) is 67.9 Å². The number of carbonyl (C=O) groups excluding carboxylic acids is 2. The number of nitrogens with zero attached hydrogens (tertiary/aromatic N) is 4. The van der Waals surface area contributed by atoms with Gasteiger partial charge in [-0.1, -0.05) is 25.6 Å². The SMILES string of the molecule is COc1ccc2c(C)nn(OC(=O)OC(C)(C)C)c2c1.COc1ccc2c(CBr)nn(OC(=O)OC(C)(C)C)c2c1. The van der Waals surface area contributed by atoms with Gasteiger partial charge in [0.05, 0.1) is 25.6 Å². The highest BCUT2D eigenvalue weighted by Crippen LogP contribution is 2.25. The zero-order valence-corrected chi connectivity index (χ0v) is 26.2. The molecule has 0 aliphatic carbocycles. The number of fused-ring (bicyclic) bond motifs is 2. The Hall–Kier alpha value is -4.00. The number of benzene rings is 2. The standard InChI is InChI=1S/C14H17BrN2O4.C14H18N2O4/c1-14(2,3)20-13(18)21-17-12-7-9(19-4)5-6-10(12)11(8-15)16-17;1-9-11-7-6-10(18-5)8-12(11)16(15-9)20-13(17)19-14(2,3)4/h5-7H,8H2,1-4H3;6-8H,1-5H3. The summed E-state index contributed by atoms with van der Waals surface area (Å²) in [5.74, 6) is 1.31. The Kier molecular flexibility index (Phi) is 9.74. The lowest BCUT2D eigenvalue weighted by Gasteiger charge is -2.18. The van der Waals surface area contributed by atoms with Crippen LogP contribution < -0.4 is 19.1 Å². The molecule has 4 aromatic rings. The lowest BCUT2D eigenvalue weighted by Crippen LogP contribution is -2.30. The van der Waals surface area contributed by atoms with E-state index in [4.69, 9.17) is 28.6 Å². The summed E-state index contributed by atoms with van der Waals surface area (Å²) in [6.45, 7) is 12.4. The molecule has 13 heteroatoms. The van der Waals surface area contributed by atoms with E-state index in [9.17, 15) is 9.59 Å². The van der Waals surface area contributed by atoms with E-state index in [-0.39, 0.29) is 0 Å². The molecule has 41 heavy (non-hydrogen) atoms. The maximum atomic E-state index is 11.8. The Labute approximate surface area is 246 Å². The minimum atomic E-state index is -0.809. The van der Waals surface area contributed by atoms with Crippen molar-refractivity contribution in [2.45, 2.75) is 65.0 Å². The Bertz CT molecular complexity index is 1530. The van der Waals surface area contributed by atoms with E-state index in [0.29, 0.717) is 27.9 Å². The maximum absolute atomic E-state index is 11.8. The average molecular weight is 636 g/mol. The van der Waals surface area contributed by atoms with Gasteiger partial charge in [-0.25, -0.2) is 9.59 Å². The van der Waals surface area contributed by atoms with E-state index in [1.165, 1.54) is 0 Å². The van der Waals surface area contributed by atoms with Crippen LogP contribution in [-0.2, 0) is 14.8 Å². The van der Waals surface area contributed by atoms with Crippen molar-refractivity contribution in [1.82, 2.24) is 19.9 Å². The maximum Gasteiger partial charge on any atom is 0.535 e. The number of hydrogen-bond acceptors (Lipinski definition) is 10. The molecule has 0 fully saturated rings. The third kappa shape index (κ3) is 8.49. The second-order valence-corrected chi connectivity index (χ2v) is 11.3. The highest BCUT2D eigenvalue weighted by Gasteiger charge is 2.22. The summed E-state index contributed by atoms with van der Waals surface area (Å²) in [5.41, 5.74) is 1.55. The first-order valence-corrected chi connectivity index (χ1v) is 13.7. The highest BCUT2D eigenvalue weighted by atomic mass is 79.9. The Morgan fingerprint density at radius 2 is 1.20 bits per heavy atom. The summed E-state index contributed by atoms with van der Waals surface area (Å²) in [4.78, 5) is 36.1. The number of aryl methyl sites for hydroxylation is 1. The van der Waals surface area contributed by atoms with Crippen LogP contribution >= 0.6 is 15.9 Å². The molecule has 0 aliphatic heterocycles. The van der Waals surface area contributed by atoms with Crippen LogP contribution in [0.3, 0.4) is 0 Å². The largest absolute Gasteiger partial charge is 0.535 e. The van der Waals surface area contributed by atoms with Crippen LogP contribution in [0.4, 0.5) is 9.59 Å². The smallest absolute Gasteiger partial charge is 0.497 e.